The molecule has 5 nitrogen and oxygen atoms in total. The third-order valence-corrected chi connectivity index (χ3v) is 2.36. The highest BCUT2D eigenvalue weighted by Crippen LogP contribution is 2.18. The summed E-state index contributed by atoms with van der Waals surface area (Å²) in [4.78, 5) is 22.5. The summed E-state index contributed by atoms with van der Waals surface area (Å²) in [6.45, 7) is 0. The first-order chi connectivity index (χ1) is 9.99. The van der Waals surface area contributed by atoms with Gasteiger partial charge in [0.25, 0.3) is 0 Å². The predicted octanol–water partition coefficient (Wildman–Crippen LogP) is 2.16. The van der Waals surface area contributed by atoms with Crippen LogP contribution >= 0.6 is 0 Å². The maximum atomic E-state index is 13.4. The summed E-state index contributed by atoms with van der Waals surface area (Å²) in [6.07, 6.45) is 3.10. The van der Waals surface area contributed by atoms with Gasteiger partial charge in [0, 0.05) is 12.3 Å². The Morgan fingerprint density at radius 2 is 1.71 bits per heavy atom. The number of ether oxygens (including phenoxy) is 2. The number of benzene rings is 1. The van der Waals surface area contributed by atoms with Gasteiger partial charge in [0.1, 0.15) is 17.3 Å². The van der Waals surface area contributed by atoms with Crippen molar-refractivity contribution in [2.45, 2.75) is 0 Å². The Morgan fingerprint density at radius 3 is 2.24 bits per heavy atom. The van der Waals surface area contributed by atoms with Gasteiger partial charge in [-0.2, -0.15) is 0 Å². The number of carbonyl (C=O) groups is 2. The molecule has 0 fully saturated rings. The molecule has 1 rings (SSSR count). The van der Waals surface area contributed by atoms with Crippen molar-refractivity contribution < 1.29 is 27.8 Å². The molecule has 0 bridgehead atoms. The van der Waals surface area contributed by atoms with E-state index in [0.29, 0.717) is 0 Å². The molecular weight excluding hydrogens is 284 g/mol. The van der Waals surface area contributed by atoms with Crippen molar-refractivity contribution >= 4 is 17.6 Å². The van der Waals surface area contributed by atoms with Gasteiger partial charge in [-0.15, -0.1) is 0 Å². The highest BCUT2D eigenvalue weighted by molar-refractivity contribution is 5.94. The molecule has 7 heteroatoms. The van der Waals surface area contributed by atoms with Gasteiger partial charge >= 0.3 is 11.9 Å². The van der Waals surface area contributed by atoms with E-state index in [1.165, 1.54) is 13.2 Å². The number of methoxy groups -OCH3 is 2. The molecule has 0 amide bonds. The minimum atomic E-state index is -0.826. The van der Waals surface area contributed by atoms with E-state index in [4.69, 9.17) is 0 Å². The van der Waals surface area contributed by atoms with Crippen molar-refractivity contribution in [1.82, 2.24) is 0 Å². The first-order valence-corrected chi connectivity index (χ1v) is 5.74. The van der Waals surface area contributed by atoms with E-state index in [0.717, 1.165) is 37.6 Å². The lowest BCUT2D eigenvalue weighted by Crippen LogP contribution is -2.07. The van der Waals surface area contributed by atoms with Crippen molar-refractivity contribution in [2.24, 2.45) is 0 Å². The fourth-order valence-electron chi connectivity index (χ4n) is 1.30. The third-order valence-electron chi connectivity index (χ3n) is 2.36. The van der Waals surface area contributed by atoms with E-state index in [2.05, 4.69) is 14.8 Å². The SMILES string of the molecule is COC(=O)/C=C/C(=C/Nc1c(F)cccc1F)C(=O)OC. The van der Waals surface area contributed by atoms with Crippen LogP contribution in [0.1, 0.15) is 0 Å². The molecule has 0 aliphatic carbocycles. The van der Waals surface area contributed by atoms with E-state index in [1.54, 1.807) is 0 Å². The van der Waals surface area contributed by atoms with Gasteiger partial charge < -0.3 is 14.8 Å². The van der Waals surface area contributed by atoms with Crippen LogP contribution in [0.25, 0.3) is 0 Å². The summed E-state index contributed by atoms with van der Waals surface area (Å²) in [5.74, 6) is -3.14. The highest BCUT2D eigenvalue weighted by Gasteiger charge is 2.10. The van der Waals surface area contributed by atoms with Gasteiger partial charge in [-0.05, 0) is 18.2 Å². The molecule has 0 aliphatic rings. The Bertz CT molecular complexity index is 576. The molecular formula is C14H13F2NO4. The average Bonchev–Trinajstić information content (AvgIpc) is 2.48. The molecule has 0 aromatic heterocycles. The summed E-state index contributed by atoms with van der Waals surface area (Å²) in [6, 6.07) is 3.32. The summed E-state index contributed by atoms with van der Waals surface area (Å²) in [5.41, 5.74) is -0.545. The monoisotopic (exact) mass is 297 g/mol. The quantitative estimate of drug-likeness (QED) is 0.512. The number of halogens is 2. The Morgan fingerprint density at radius 1 is 1.10 bits per heavy atom. The zero-order chi connectivity index (χ0) is 15.8. The zero-order valence-corrected chi connectivity index (χ0v) is 11.4. The molecule has 0 atom stereocenters. The summed E-state index contributed by atoms with van der Waals surface area (Å²) in [7, 11) is 2.30. The highest BCUT2D eigenvalue weighted by atomic mass is 19.1. The fourth-order valence-corrected chi connectivity index (χ4v) is 1.30. The van der Waals surface area contributed by atoms with Crippen LogP contribution in [0.15, 0.2) is 42.1 Å². The van der Waals surface area contributed by atoms with Crippen molar-refractivity contribution in [3.8, 4) is 0 Å². The molecule has 1 N–H and O–H groups in total. The van der Waals surface area contributed by atoms with Gasteiger partial charge in [0.2, 0.25) is 0 Å². The lowest BCUT2D eigenvalue weighted by atomic mass is 10.2. The second-order valence-corrected chi connectivity index (χ2v) is 3.69. The molecule has 1 aromatic rings. The Balaban J connectivity index is 3.01. The Hall–Kier alpha value is -2.70. The molecule has 0 unspecified atom stereocenters. The van der Waals surface area contributed by atoms with E-state index >= 15 is 0 Å². The van der Waals surface area contributed by atoms with Crippen molar-refractivity contribution in [2.75, 3.05) is 19.5 Å². The summed E-state index contributed by atoms with van der Waals surface area (Å²) in [5, 5.41) is 2.32. The molecule has 0 radical (unpaired) electrons. The minimum Gasteiger partial charge on any atom is -0.466 e. The molecule has 21 heavy (non-hydrogen) atoms. The van der Waals surface area contributed by atoms with Crippen molar-refractivity contribution in [3.63, 3.8) is 0 Å². The molecule has 0 spiro atoms. The van der Waals surface area contributed by atoms with E-state index < -0.39 is 29.3 Å². The van der Waals surface area contributed by atoms with E-state index in [-0.39, 0.29) is 5.57 Å². The minimum absolute atomic E-state index is 0.120. The average molecular weight is 297 g/mol. The molecule has 1 aromatic carbocycles. The number of hydrogen-bond donors (Lipinski definition) is 1. The van der Waals surface area contributed by atoms with Crippen LogP contribution in [-0.2, 0) is 19.1 Å². The molecule has 0 saturated carbocycles. The topological polar surface area (TPSA) is 64.6 Å². The smallest absolute Gasteiger partial charge is 0.339 e. The normalized spacial score (nSPS) is 11.3. The first-order valence-electron chi connectivity index (χ1n) is 5.74. The number of para-hydroxylation sites is 1. The van der Waals surface area contributed by atoms with E-state index in [1.807, 2.05) is 0 Å². The van der Waals surface area contributed by atoms with Crippen LogP contribution in [0.5, 0.6) is 0 Å². The Kier molecular flexibility index (Phi) is 6.06. The van der Waals surface area contributed by atoms with Gasteiger partial charge in [-0.25, -0.2) is 18.4 Å². The van der Waals surface area contributed by atoms with Crippen LogP contribution in [0.3, 0.4) is 0 Å². The number of esters is 2. The predicted molar refractivity (Wildman–Crippen MR) is 71.2 cm³/mol. The van der Waals surface area contributed by atoms with Crippen LogP contribution in [0.2, 0.25) is 0 Å². The fraction of sp³-hybridized carbons (Fsp3) is 0.143. The number of carbonyl (C=O) groups excluding carboxylic acids is 2. The molecule has 0 aliphatic heterocycles. The molecule has 0 saturated heterocycles. The van der Waals surface area contributed by atoms with Crippen LogP contribution in [0, 0.1) is 11.6 Å². The summed E-state index contributed by atoms with van der Waals surface area (Å²) >= 11 is 0. The van der Waals surface area contributed by atoms with Crippen molar-refractivity contribution in [1.29, 1.82) is 0 Å². The lowest BCUT2D eigenvalue weighted by molar-refractivity contribution is -0.135. The van der Waals surface area contributed by atoms with Crippen LogP contribution in [0.4, 0.5) is 14.5 Å². The number of anilines is 1. The van der Waals surface area contributed by atoms with Crippen LogP contribution < -0.4 is 5.32 Å². The molecule has 0 heterocycles. The number of nitrogens with one attached hydrogen (secondary N) is 1. The maximum absolute atomic E-state index is 13.4. The second-order valence-electron chi connectivity index (χ2n) is 3.69. The summed E-state index contributed by atoms with van der Waals surface area (Å²) < 4.78 is 35.7. The van der Waals surface area contributed by atoms with Crippen LogP contribution in [-0.4, -0.2) is 26.2 Å². The van der Waals surface area contributed by atoms with E-state index in [9.17, 15) is 18.4 Å². The number of rotatable bonds is 5. The molecule has 112 valence electrons. The first kappa shape index (κ1) is 16.4. The second kappa shape index (κ2) is 7.78. The maximum Gasteiger partial charge on any atom is 0.339 e. The van der Waals surface area contributed by atoms with Gasteiger partial charge in [-0.3, -0.25) is 0 Å². The standard InChI is InChI=1S/C14H13F2NO4/c1-20-12(18)7-6-9(14(19)21-2)8-17-13-10(15)4-3-5-11(13)16/h3-8,17H,1-2H3/b7-6+,9-8-. The Labute approximate surface area is 119 Å². The third kappa shape index (κ3) is 4.72. The largest absolute Gasteiger partial charge is 0.466 e. The lowest BCUT2D eigenvalue weighted by Gasteiger charge is -2.06. The number of hydrogen-bond acceptors (Lipinski definition) is 5. The van der Waals surface area contributed by atoms with Gasteiger partial charge in [0.15, 0.2) is 0 Å². The van der Waals surface area contributed by atoms with Gasteiger partial charge in [0.05, 0.1) is 19.8 Å². The van der Waals surface area contributed by atoms with Crippen molar-refractivity contribution in [3.05, 3.63) is 53.8 Å². The van der Waals surface area contributed by atoms with Gasteiger partial charge in [-0.1, -0.05) is 6.07 Å². The zero-order valence-electron chi connectivity index (χ0n) is 11.4.